The van der Waals surface area contributed by atoms with E-state index in [1.54, 1.807) is 24.0 Å². The van der Waals surface area contributed by atoms with Crippen molar-refractivity contribution in [1.29, 1.82) is 0 Å². The normalized spacial score (nSPS) is 18.2. The lowest BCUT2D eigenvalue weighted by Crippen LogP contribution is -2.31. The van der Waals surface area contributed by atoms with Crippen LogP contribution in [0.5, 0.6) is 0 Å². The van der Waals surface area contributed by atoms with Crippen LogP contribution in [0.25, 0.3) is 22.0 Å². The van der Waals surface area contributed by atoms with E-state index in [1.165, 1.54) is 11.3 Å². The number of H-pyrrole nitrogens is 1. The van der Waals surface area contributed by atoms with E-state index in [1.807, 2.05) is 29.1 Å². The van der Waals surface area contributed by atoms with Gasteiger partial charge in [-0.1, -0.05) is 6.07 Å². The lowest BCUT2D eigenvalue weighted by molar-refractivity contribution is 0.0337. The van der Waals surface area contributed by atoms with Crippen molar-refractivity contribution in [2.24, 2.45) is 5.92 Å². The minimum atomic E-state index is -0.309. The lowest BCUT2D eigenvalue weighted by Gasteiger charge is -2.31. The average molecular weight is 421 g/mol. The number of amides is 1. The van der Waals surface area contributed by atoms with Crippen LogP contribution >= 0.6 is 11.3 Å². The number of aromatic amines is 1. The van der Waals surface area contributed by atoms with Gasteiger partial charge in [0.1, 0.15) is 16.4 Å². The summed E-state index contributed by atoms with van der Waals surface area (Å²) in [5.74, 6) is 0.0767. The number of aliphatic hydroxyl groups excluding tert-OH is 1. The van der Waals surface area contributed by atoms with E-state index in [0.29, 0.717) is 35.2 Å². The molecule has 5 rings (SSSR count). The molecule has 0 unspecified atom stereocenters. The van der Waals surface area contributed by atoms with E-state index < -0.39 is 0 Å². The molecule has 9 nitrogen and oxygen atoms in total. The van der Waals surface area contributed by atoms with Gasteiger partial charge in [-0.25, -0.2) is 4.98 Å². The SMILES string of the molecule is O=C(Nc1cn(C[C@H]2C[C@@H](O)C2)nc1-c1ccccn1)c1csc(-c2cn[nH]c2)n1. The molecule has 1 saturated carbocycles. The first kappa shape index (κ1) is 18.6. The second kappa shape index (κ2) is 7.81. The molecule has 30 heavy (non-hydrogen) atoms. The third-order valence-electron chi connectivity index (χ3n) is 5.06. The standard InChI is InChI=1S/C20H19N7O2S/c28-14-5-12(6-14)9-27-10-16(18(26-27)15-3-1-2-4-21-15)24-19(29)17-11-30-20(25-17)13-7-22-23-8-13/h1-4,7-8,10-12,14,28H,5-6,9H2,(H,22,23)(H,24,29)/t12-,14+. The monoisotopic (exact) mass is 421 g/mol. The topological polar surface area (TPSA) is 122 Å². The fourth-order valence-electron chi connectivity index (χ4n) is 3.48. The van der Waals surface area contributed by atoms with Crippen LogP contribution in [0.2, 0.25) is 0 Å². The molecule has 3 N–H and O–H groups in total. The van der Waals surface area contributed by atoms with E-state index in [0.717, 1.165) is 23.4 Å². The molecule has 0 spiro atoms. The molecule has 10 heteroatoms. The Hall–Kier alpha value is -3.37. The predicted molar refractivity (Wildman–Crippen MR) is 112 cm³/mol. The van der Waals surface area contributed by atoms with Crippen LogP contribution in [-0.4, -0.2) is 47.1 Å². The van der Waals surface area contributed by atoms with E-state index >= 15 is 0 Å². The molecule has 0 radical (unpaired) electrons. The average Bonchev–Trinajstić information content (AvgIpc) is 3.48. The van der Waals surface area contributed by atoms with Crippen LogP contribution in [0.3, 0.4) is 0 Å². The summed E-state index contributed by atoms with van der Waals surface area (Å²) in [5, 5.41) is 26.2. The van der Waals surface area contributed by atoms with Gasteiger partial charge in [0.15, 0.2) is 0 Å². The fraction of sp³-hybridized carbons (Fsp3) is 0.250. The summed E-state index contributed by atoms with van der Waals surface area (Å²) < 4.78 is 1.81. The van der Waals surface area contributed by atoms with Gasteiger partial charge in [0.25, 0.3) is 5.91 Å². The van der Waals surface area contributed by atoms with Crippen molar-refractivity contribution in [3.63, 3.8) is 0 Å². The van der Waals surface area contributed by atoms with Crippen LogP contribution in [0.4, 0.5) is 5.69 Å². The van der Waals surface area contributed by atoms with Gasteiger partial charge in [-0.3, -0.25) is 19.6 Å². The van der Waals surface area contributed by atoms with Gasteiger partial charge in [0, 0.05) is 36.1 Å². The largest absolute Gasteiger partial charge is 0.393 e. The van der Waals surface area contributed by atoms with Crippen molar-refractivity contribution in [1.82, 2.24) is 29.9 Å². The van der Waals surface area contributed by atoms with Gasteiger partial charge in [-0.15, -0.1) is 11.3 Å². The van der Waals surface area contributed by atoms with Crippen molar-refractivity contribution in [2.75, 3.05) is 5.32 Å². The second-order valence-corrected chi connectivity index (χ2v) is 8.16. The summed E-state index contributed by atoms with van der Waals surface area (Å²) in [6.45, 7) is 0.689. The highest BCUT2D eigenvalue weighted by atomic mass is 32.1. The maximum Gasteiger partial charge on any atom is 0.275 e. The number of nitrogens with zero attached hydrogens (tertiary/aromatic N) is 5. The fourth-order valence-corrected chi connectivity index (χ4v) is 4.26. The zero-order valence-corrected chi connectivity index (χ0v) is 16.7. The number of nitrogens with one attached hydrogen (secondary N) is 2. The molecule has 4 aromatic heterocycles. The summed E-state index contributed by atoms with van der Waals surface area (Å²) in [5.41, 5.74) is 3.03. The first-order valence-electron chi connectivity index (χ1n) is 9.58. The van der Waals surface area contributed by atoms with Crippen LogP contribution in [0, 0.1) is 5.92 Å². The van der Waals surface area contributed by atoms with Crippen molar-refractivity contribution in [3.05, 3.63) is 54.1 Å². The van der Waals surface area contributed by atoms with Gasteiger partial charge < -0.3 is 10.4 Å². The number of rotatable bonds is 6. The highest BCUT2D eigenvalue weighted by molar-refractivity contribution is 7.13. The number of hydrogen-bond donors (Lipinski definition) is 3. The second-order valence-electron chi connectivity index (χ2n) is 7.30. The number of carbonyl (C=O) groups is 1. The quantitative estimate of drug-likeness (QED) is 0.440. The third-order valence-corrected chi connectivity index (χ3v) is 5.95. The Labute approximate surface area is 175 Å². The van der Waals surface area contributed by atoms with Gasteiger partial charge in [0.2, 0.25) is 0 Å². The molecule has 1 aliphatic rings. The molecular formula is C20H19N7O2S. The van der Waals surface area contributed by atoms with Crippen LogP contribution in [0.15, 0.2) is 48.4 Å². The van der Waals surface area contributed by atoms with Crippen molar-refractivity contribution in [2.45, 2.75) is 25.5 Å². The van der Waals surface area contributed by atoms with Crippen molar-refractivity contribution in [3.8, 4) is 22.0 Å². The summed E-state index contributed by atoms with van der Waals surface area (Å²) in [6.07, 6.45) is 8.25. The summed E-state index contributed by atoms with van der Waals surface area (Å²) in [4.78, 5) is 21.6. The Kier molecular flexibility index (Phi) is 4.85. The molecule has 0 saturated heterocycles. The zero-order valence-electron chi connectivity index (χ0n) is 15.9. The minimum Gasteiger partial charge on any atom is -0.393 e. The van der Waals surface area contributed by atoms with E-state index in [4.69, 9.17) is 0 Å². The molecule has 152 valence electrons. The van der Waals surface area contributed by atoms with E-state index in [-0.39, 0.29) is 12.0 Å². The smallest absolute Gasteiger partial charge is 0.275 e. The Morgan fingerprint density at radius 2 is 2.27 bits per heavy atom. The van der Waals surface area contributed by atoms with Crippen LogP contribution in [-0.2, 0) is 6.54 Å². The van der Waals surface area contributed by atoms with Gasteiger partial charge in [-0.05, 0) is 30.9 Å². The molecule has 1 fully saturated rings. The first-order valence-corrected chi connectivity index (χ1v) is 10.5. The van der Waals surface area contributed by atoms with E-state index in [2.05, 4.69) is 30.6 Å². The number of hydrogen-bond acceptors (Lipinski definition) is 7. The van der Waals surface area contributed by atoms with Crippen molar-refractivity contribution >= 4 is 22.9 Å². The molecule has 0 atom stereocenters. The minimum absolute atomic E-state index is 0.214. The maximum atomic E-state index is 12.8. The molecule has 0 bridgehead atoms. The Balaban J connectivity index is 1.39. The molecule has 4 heterocycles. The number of aliphatic hydroxyl groups is 1. The highest BCUT2D eigenvalue weighted by Gasteiger charge is 2.28. The Morgan fingerprint density at radius 1 is 1.37 bits per heavy atom. The number of carbonyl (C=O) groups excluding carboxylic acids is 1. The Morgan fingerprint density at radius 3 is 3.00 bits per heavy atom. The van der Waals surface area contributed by atoms with E-state index in [9.17, 15) is 9.90 Å². The van der Waals surface area contributed by atoms with Gasteiger partial charge >= 0.3 is 0 Å². The lowest BCUT2D eigenvalue weighted by atomic mass is 9.82. The number of pyridine rings is 1. The van der Waals surface area contributed by atoms with Gasteiger partial charge in [0.05, 0.1) is 23.7 Å². The number of aromatic nitrogens is 6. The number of anilines is 1. The summed E-state index contributed by atoms with van der Waals surface area (Å²) in [6, 6.07) is 5.57. The number of thiazole rings is 1. The zero-order chi connectivity index (χ0) is 20.5. The third kappa shape index (κ3) is 3.74. The van der Waals surface area contributed by atoms with Gasteiger partial charge in [-0.2, -0.15) is 10.2 Å². The highest BCUT2D eigenvalue weighted by Crippen LogP contribution is 2.31. The Bertz CT molecular complexity index is 1150. The summed E-state index contributed by atoms with van der Waals surface area (Å²) >= 11 is 1.38. The predicted octanol–water partition coefficient (Wildman–Crippen LogP) is 2.81. The first-order chi connectivity index (χ1) is 14.7. The molecule has 4 aromatic rings. The van der Waals surface area contributed by atoms with Crippen molar-refractivity contribution < 1.29 is 9.90 Å². The molecule has 1 amide bonds. The molecular weight excluding hydrogens is 402 g/mol. The molecule has 0 aromatic carbocycles. The summed E-state index contributed by atoms with van der Waals surface area (Å²) in [7, 11) is 0. The molecule has 0 aliphatic heterocycles. The van der Waals surface area contributed by atoms with Crippen LogP contribution in [0.1, 0.15) is 23.3 Å². The maximum absolute atomic E-state index is 12.8. The van der Waals surface area contributed by atoms with Crippen LogP contribution < -0.4 is 5.32 Å². The molecule has 1 aliphatic carbocycles.